The van der Waals surface area contributed by atoms with Crippen LogP contribution in [-0.2, 0) is 4.79 Å². The Balaban J connectivity index is 0.00000200. The number of hydrogen-bond acceptors (Lipinski definition) is 7. The zero-order valence-electron chi connectivity index (χ0n) is 22.7. The molecule has 0 atom stereocenters. The van der Waals surface area contributed by atoms with E-state index in [9.17, 15) is 4.79 Å². The number of halogens is 2. The van der Waals surface area contributed by atoms with Crippen LogP contribution in [0.15, 0.2) is 6.33 Å². The quantitative estimate of drug-likeness (QED) is 0.344. The number of piperidine rings is 1. The molecule has 0 unspecified atom stereocenters. The summed E-state index contributed by atoms with van der Waals surface area (Å²) in [7, 11) is 0. The normalized spacial score (nSPS) is 22.6. The average Bonchev–Trinajstić information content (AvgIpc) is 3.56. The summed E-state index contributed by atoms with van der Waals surface area (Å²) in [5.74, 6) is 1.81. The van der Waals surface area contributed by atoms with Crippen LogP contribution in [0.1, 0.15) is 103 Å². The van der Waals surface area contributed by atoms with Crippen molar-refractivity contribution >= 4 is 53.7 Å². The number of unbranched alkanes of at least 4 members (excludes halogenated alkanes) is 2. The van der Waals surface area contributed by atoms with Gasteiger partial charge in [0.05, 0.1) is 6.33 Å². The van der Waals surface area contributed by atoms with E-state index in [0.29, 0.717) is 36.4 Å². The Kier molecular flexibility index (Phi) is 11.7. The second-order valence-electron chi connectivity index (χ2n) is 11.2. The molecule has 1 aliphatic heterocycles. The molecule has 0 bridgehead atoms. The fraction of sp³-hybridized carbons (Fsp3) is 0.778. The van der Waals surface area contributed by atoms with Gasteiger partial charge in [0.1, 0.15) is 0 Å². The zero-order chi connectivity index (χ0) is 24.9. The van der Waals surface area contributed by atoms with Gasteiger partial charge in [-0.2, -0.15) is 9.97 Å². The number of carbonyl (C=O) groups is 1. The Morgan fingerprint density at radius 1 is 0.947 bits per heavy atom. The van der Waals surface area contributed by atoms with E-state index in [1.165, 1.54) is 25.7 Å². The van der Waals surface area contributed by atoms with Crippen molar-refractivity contribution in [3.05, 3.63) is 6.33 Å². The number of likely N-dealkylation sites (tertiary alicyclic amines) is 1. The summed E-state index contributed by atoms with van der Waals surface area (Å²) in [6, 6.07) is 1.43. The van der Waals surface area contributed by atoms with E-state index in [1.54, 1.807) is 0 Å². The summed E-state index contributed by atoms with van der Waals surface area (Å²) in [5, 5.41) is 7.31. The lowest BCUT2D eigenvalue weighted by Crippen LogP contribution is -2.42. The summed E-state index contributed by atoms with van der Waals surface area (Å²) in [6.45, 7) is 3.79. The Labute approximate surface area is 239 Å². The molecule has 0 radical (unpaired) electrons. The summed E-state index contributed by atoms with van der Waals surface area (Å²) in [5.41, 5.74) is 7.91. The number of nitrogens with zero attached hydrogens (tertiary/aromatic N) is 5. The van der Waals surface area contributed by atoms with Gasteiger partial charge < -0.3 is 25.8 Å². The molecule has 38 heavy (non-hydrogen) atoms. The smallest absolute Gasteiger partial charge is 0.227 e. The molecule has 2 aromatic heterocycles. The van der Waals surface area contributed by atoms with Crippen molar-refractivity contribution in [2.45, 2.75) is 121 Å². The van der Waals surface area contributed by atoms with Gasteiger partial charge in [-0.3, -0.25) is 4.79 Å². The highest BCUT2D eigenvalue weighted by atomic mass is 35.5. The SMILES string of the molecule is CCCCCC(=O)N1CCC(Nc2nc(N[C@H]3CC[C@H](N)CC3)nc3c2ncn3C2CCCC2)CC1.Cl.Cl. The maximum atomic E-state index is 12.6. The highest BCUT2D eigenvalue weighted by Crippen LogP contribution is 2.34. The second kappa shape index (κ2) is 14.5. The van der Waals surface area contributed by atoms with Gasteiger partial charge in [-0.25, -0.2) is 4.98 Å². The van der Waals surface area contributed by atoms with E-state index in [-0.39, 0.29) is 30.9 Å². The lowest BCUT2D eigenvalue weighted by Gasteiger charge is -2.33. The monoisotopic (exact) mass is 568 g/mol. The third-order valence-electron chi connectivity index (χ3n) is 8.43. The van der Waals surface area contributed by atoms with Crippen molar-refractivity contribution in [2.24, 2.45) is 5.73 Å². The van der Waals surface area contributed by atoms with Crippen LogP contribution in [0.3, 0.4) is 0 Å². The van der Waals surface area contributed by atoms with Gasteiger partial charge in [0, 0.05) is 43.7 Å². The molecule has 1 amide bonds. The molecular formula is C27H46Cl2N8O. The molecule has 2 aromatic rings. The molecule has 3 aliphatic rings. The largest absolute Gasteiger partial charge is 0.365 e. The van der Waals surface area contributed by atoms with E-state index in [4.69, 9.17) is 20.7 Å². The van der Waals surface area contributed by atoms with Crippen LogP contribution in [0.5, 0.6) is 0 Å². The van der Waals surface area contributed by atoms with Gasteiger partial charge in [-0.05, 0) is 57.8 Å². The minimum atomic E-state index is 0. The predicted octanol–water partition coefficient (Wildman–Crippen LogP) is 5.45. The first-order chi connectivity index (χ1) is 17.6. The number of anilines is 2. The van der Waals surface area contributed by atoms with Crippen molar-refractivity contribution in [2.75, 3.05) is 23.7 Å². The van der Waals surface area contributed by atoms with E-state index < -0.39 is 0 Å². The first-order valence-electron chi connectivity index (χ1n) is 14.4. The number of nitrogens with two attached hydrogens (primary N) is 1. The van der Waals surface area contributed by atoms with E-state index in [2.05, 4.69) is 22.1 Å². The summed E-state index contributed by atoms with van der Waals surface area (Å²) in [6.07, 6.45) is 16.9. The molecule has 3 fully saturated rings. The van der Waals surface area contributed by atoms with Gasteiger partial charge >= 0.3 is 0 Å². The Hall–Kier alpha value is -1.84. The van der Waals surface area contributed by atoms with Crippen molar-refractivity contribution in [1.29, 1.82) is 0 Å². The Morgan fingerprint density at radius 2 is 1.63 bits per heavy atom. The van der Waals surface area contributed by atoms with E-state index >= 15 is 0 Å². The molecule has 0 aromatic carbocycles. The van der Waals surface area contributed by atoms with Crippen molar-refractivity contribution in [1.82, 2.24) is 24.4 Å². The van der Waals surface area contributed by atoms with Crippen LogP contribution in [0.2, 0.25) is 0 Å². The highest BCUT2D eigenvalue weighted by Gasteiger charge is 2.27. The molecule has 9 nitrogen and oxygen atoms in total. The molecule has 0 spiro atoms. The zero-order valence-corrected chi connectivity index (χ0v) is 24.4. The fourth-order valence-electron chi connectivity index (χ4n) is 6.13. The summed E-state index contributed by atoms with van der Waals surface area (Å²) < 4.78 is 2.27. The summed E-state index contributed by atoms with van der Waals surface area (Å²) >= 11 is 0. The van der Waals surface area contributed by atoms with Crippen molar-refractivity contribution < 1.29 is 4.79 Å². The number of amides is 1. The molecule has 5 rings (SSSR count). The Bertz CT molecular complexity index is 1010. The first kappa shape index (κ1) is 30.7. The number of hydrogen-bond donors (Lipinski definition) is 3. The molecule has 1 saturated heterocycles. The lowest BCUT2D eigenvalue weighted by molar-refractivity contribution is -0.132. The molecular weight excluding hydrogens is 523 g/mol. The van der Waals surface area contributed by atoms with Gasteiger partial charge in [-0.15, -0.1) is 24.8 Å². The van der Waals surface area contributed by atoms with Gasteiger partial charge in [0.2, 0.25) is 11.9 Å². The van der Waals surface area contributed by atoms with Crippen molar-refractivity contribution in [3.63, 3.8) is 0 Å². The standard InChI is InChI=1S/C27H44N8O.2ClH/c1-2-3-4-9-23(36)34-16-14-21(15-17-34)30-25-24-26(35(18-29-24)22-7-5-6-8-22)33-27(32-25)31-20-12-10-19(28)11-13-20;;/h18-22H,2-17,28H2,1H3,(H2,30,31,32,33);2*1H/t19-,20-;;. The minimum Gasteiger partial charge on any atom is -0.365 e. The third kappa shape index (κ3) is 7.42. The lowest BCUT2D eigenvalue weighted by atomic mass is 9.92. The van der Waals surface area contributed by atoms with Crippen LogP contribution in [0, 0.1) is 0 Å². The molecule has 3 heterocycles. The van der Waals surface area contributed by atoms with Gasteiger partial charge in [0.25, 0.3) is 0 Å². The first-order valence-corrected chi connectivity index (χ1v) is 14.4. The predicted molar refractivity (Wildman–Crippen MR) is 159 cm³/mol. The van der Waals surface area contributed by atoms with E-state index in [0.717, 1.165) is 87.9 Å². The van der Waals surface area contributed by atoms with Gasteiger partial charge in [-0.1, -0.05) is 32.6 Å². The van der Waals surface area contributed by atoms with Crippen LogP contribution < -0.4 is 16.4 Å². The van der Waals surface area contributed by atoms with Crippen LogP contribution in [-0.4, -0.2) is 61.5 Å². The fourth-order valence-corrected chi connectivity index (χ4v) is 6.13. The number of nitrogens with one attached hydrogen (secondary N) is 2. The van der Waals surface area contributed by atoms with Crippen LogP contribution >= 0.6 is 24.8 Å². The number of fused-ring (bicyclic) bond motifs is 1. The minimum absolute atomic E-state index is 0. The second-order valence-corrected chi connectivity index (χ2v) is 11.2. The maximum Gasteiger partial charge on any atom is 0.227 e. The Morgan fingerprint density at radius 3 is 2.32 bits per heavy atom. The highest BCUT2D eigenvalue weighted by molar-refractivity contribution is 5.86. The van der Waals surface area contributed by atoms with Crippen LogP contribution in [0.4, 0.5) is 11.8 Å². The molecule has 4 N–H and O–H groups in total. The van der Waals surface area contributed by atoms with Crippen molar-refractivity contribution in [3.8, 4) is 0 Å². The number of imidazole rings is 1. The third-order valence-corrected chi connectivity index (χ3v) is 8.43. The molecule has 214 valence electrons. The van der Waals surface area contributed by atoms with Gasteiger partial charge in [0.15, 0.2) is 17.0 Å². The summed E-state index contributed by atoms with van der Waals surface area (Å²) in [4.78, 5) is 29.3. The number of carbonyl (C=O) groups excluding carboxylic acids is 1. The molecule has 11 heteroatoms. The number of aromatic nitrogens is 4. The molecule has 2 aliphatic carbocycles. The topological polar surface area (TPSA) is 114 Å². The number of rotatable bonds is 9. The average molecular weight is 570 g/mol. The van der Waals surface area contributed by atoms with E-state index in [1.807, 2.05) is 11.2 Å². The molecule has 2 saturated carbocycles. The van der Waals surface area contributed by atoms with Crippen LogP contribution in [0.25, 0.3) is 11.2 Å². The maximum absolute atomic E-state index is 12.6.